The molecule has 0 aliphatic carbocycles. The molecule has 2 amide bonds. The van der Waals surface area contributed by atoms with E-state index in [-0.39, 0.29) is 11.8 Å². The van der Waals surface area contributed by atoms with E-state index < -0.39 is 0 Å². The number of hydrogen-bond donors (Lipinski definition) is 1. The number of fused-ring (bicyclic) bond motifs is 1. The quantitative estimate of drug-likeness (QED) is 0.618. The molecule has 5 nitrogen and oxygen atoms in total. The van der Waals surface area contributed by atoms with Gasteiger partial charge in [0.05, 0.1) is 0 Å². The molecule has 0 spiro atoms. The molecule has 0 radical (unpaired) electrons. The van der Waals surface area contributed by atoms with Crippen molar-refractivity contribution in [1.82, 2.24) is 15.1 Å². The largest absolute Gasteiger partial charge is 0.352 e. The van der Waals surface area contributed by atoms with Gasteiger partial charge in [-0.2, -0.15) is 0 Å². The average Bonchev–Trinajstić information content (AvgIpc) is 2.92. The number of rotatable bonds is 11. The first kappa shape index (κ1) is 20.4. The van der Waals surface area contributed by atoms with Gasteiger partial charge < -0.3 is 15.1 Å². The van der Waals surface area contributed by atoms with Gasteiger partial charge in [0.2, 0.25) is 5.91 Å². The third kappa shape index (κ3) is 5.84. The Morgan fingerprint density at radius 2 is 1.88 bits per heavy atom. The molecule has 2 rings (SSSR count). The SMILES string of the molecule is CCCN(CCC)CCCCN1Cc2cc(CNC(C)=O)ccc2C1=O. The molecule has 1 aliphatic heterocycles. The predicted molar refractivity (Wildman–Crippen MR) is 105 cm³/mol. The first-order valence-corrected chi connectivity index (χ1v) is 9.93. The maximum Gasteiger partial charge on any atom is 0.254 e. The second-order valence-corrected chi connectivity index (χ2v) is 7.18. The van der Waals surface area contributed by atoms with Crippen LogP contribution in [-0.4, -0.2) is 47.8 Å². The summed E-state index contributed by atoms with van der Waals surface area (Å²) in [5.74, 6) is 0.105. The van der Waals surface area contributed by atoms with Crippen molar-refractivity contribution < 1.29 is 9.59 Å². The topological polar surface area (TPSA) is 52.6 Å². The minimum atomic E-state index is -0.0385. The summed E-state index contributed by atoms with van der Waals surface area (Å²) in [5, 5.41) is 2.81. The Balaban J connectivity index is 1.81. The zero-order valence-corrected chi connectivity index (χ0v) is 16.5. The number of carbonyl (C=O) groups is 2. The van der Waals surface area contributed by atoms with Crippen LogP contribution >= 0.6 is 0 Å². The third-order valence-electron chi connectivity index (χ3n) is 4.82. The van der Waals surface area contributed by atoms with E-state index in [9.17, 15) is 9.59 Å². The Morgan fingerprint density at radius 3 is 2.54 bits per heavy atom. The van der Waals surface area contributed by atoms with E-state index in [0.717, 1.165) is 42.6 Å². The summed E-state index contributed by atoms with van der Waals surface area (Å²) in [6.07, 6.45) is 4.57. The molecule has 0 aromatic heterocycles. The van der Waals surface area contributed by atoms with Crippen molar-refractivity contribution in [3.63, 3.8) is 0 Å². The van der Waals surface area contributed by atoms with Gasteiger partial charge >= 0.3 is 0 Å². The fourth-order valence-electron chi connectivity index (χ4n) is 3.56. The van der Waals surface area contributed by atoms with Crippen molar-refractivity contribution in [2.75, 3.05) is 26.2 Å². The number of amides is 2. The molecule has 1 heterocycles. The zero-order chi connectivity index (χ0) is 18.9. The van der Waals surface area contributed by atoms with Crippen molar-refractivity contribution in [3.05, 3.63) is 34.9 Å². The maximum atomic E-state index is 12.6. The van der Waals surface area contributed by atoms with Crippen molar-refractivity contribution >= 4 is 11.8 Å². The van der Waals surface area contributed by atoms with E-state index in [0.29, 0.717) is 13.1 Å². The molecule has 0 atom stereocenters. The molecular weight excluding hydrogens is 326 g/mol. The number of benzene rings is 1. The number of carbonyl (C=O) groups excluding carboxylic acids is 2. The van der Waals surface area contributed by atoms with Crippen LogP contribution < -0.4 is 5.32 Å². The van der Waals surface area contributed by atoms with Crippen molar-refractivity contribution in [3.8, 4) is 0 Å². The van der Waals surface area contributed by atoms with E-state index in [4.69, 9.17) is 0 Å². The number of unbranched alkanes of at least 4 members (excludes halogenated alkanes) is 1. The molecule has 0 unspecified atom stereocenters. The van der Waals surface area contributed by atoms with Crippen LogP contribution in [-0.2, 0) is 17.9 Å². The molecule has 1 aromatic carbocycles. The average molecular weight is 360 g/mol. The van der Waals surface area contributed by atoms with Crippen LogP contribution in [0.3, 0.4) is 0 Å². The first-order chi connectivity index (χ1) is 12.5. The van der Waals surface area contributed by atoms with E-state index in [1.54, 1.807) is 0 Å². The van der Waals surface area contributed by atoms with Crippen LogP contribution in [0.1, 0.15) is 67.9 Å². The summed E-state index contributed by atoms with van der Waals surface area (Å²) in [6.45, 7) is 11.4. The lowest BCUT2D eigenvalue weighted by molar-refractivity contribution is -0.119. The fraction of sp³-hybridized carbons (Fsp3) is 0.619. The summed E-state index contributed by atoms with van der Waals surface area (Å²) in [4.78, 5) is 28.1. The first-order valence-electron chi connectivity index (χ1n) is 9.93. The number of nitrogens with zero attached hydrogens (tertiary/aromatic N) is 2. The Bertz CT molecular complexity index is 609. The van der Waals surface area contributed by atoms with Crippen LogP contribution in [0.15, 0.2) is 18.2 Å². The van der Waals surface area contributed by atoms with Crippen LogP contribution in [0, 0.1) is 0 Å². The highest BCUT2D eigenvalue weighted by molar-refractivity contribution is 5.98. The van der Waals surface area contributed by atoms with Gasteiger partial charge in [-0.3, -0.25) is 9.59 Å². The Labute approximate surface area is 157 Å². The van der Waals surface area contributed by atoms with Gasteiger partial charge in [-0.05, 0) is 62.5 Å². The highest BCUT2D eigenvalue weighted by atomic mass is 16.2. The van der Waals surface area contributed by atoms with Gasteiger partial charge in [0.15, 0.2) is 0 Å². The molecule has 0 bridgehead atoms. The molecule has 144 valence electrons. The smallest absolute Gasteiger partial charge is 0.254 e. The van der Waals surface area contributed by atoms with Gasteiger partial charge in [0.25, 0.3) is 5.91 Å². The predicted octanol–water partition coefficient (Wildman–Crippen LogP) is 3.18. The number of nitrogens with one attached hydrogen (secondary N) is 1. The molecule has 1 aliphatic rings. The van der Waals surface area contributed by atoms with Crippen LogP contribution in [0.2, 0.25) is 0 Å². The monoisotopic (exact) mass is 359 g/mol. The molecule has 5 heteroatoms. The van der Waals surface area contributed by atoms with E-state index in [2.05, 4.69) is 24.1 Å². The van der Waals surface area contributed by atoms with Gasteiger partial charge in [-0.15, -0.1) is 0 Å². The molecule has 0 saturated heterocycles. The summed E-state index contributed by atoms with van der Waals surface area (Å²) in [7, 11) is 0. The van der Waals surface area contributed by atoms with Gasteiger partial charge in [0, 0.05) is 32.1 Å². The molecule has 0 saturated carbocycles. The minimum Gasteiger partial charge on any atom is -0.352 e. The van der Waals surface area contributed by atoms with E-state index in [1.807, 2.05) is 23.1 Å². The van der Waals surface area contributed by atoms with Crippen LogP contribution in [0.5, 0.6) is 0 Å². The fourth-order valence-corrected chi connectivity index (χ4v) is 3.56. The Hall–Kier alpha value is -1.88. The minimum absolute atomic E-state index is 0.0385. The molecule has 1 aromatic rings. The highest BCUT2D eigenvalue weighted by Gasteiger charge is 2.26. The molecular formula is C21H33N3O2. The van der Waals surface area contributed by atoms with Crippen LogP contribution in [0.25, 0.3) is 0 Å². The van der Waals surface area contributed by atoms with Gasteiger partial charge in [-0.1, -0.05) is 26.0 Å². The van der Waals surface area contributed by atoms with Gasteiger partial charge in [0.1, 0.15) is 0 Å². The lowest BCUT2D eigenvalue weighted by Crippen LogP contribution is -2.28. The van der Waals surface area contributed by atoms with Crippen LogP contribution in [0.4, 0.5) is 0 Å². The molecule has 0 fully saturated rings. The lowest BCUT2D eigenvalue weighted by Gasteiger charge is -2.21. The lowest BCUT2D eigenvalue weighted by atomic mass is 10.1. The molecule has 26 heavy (non-hydrogen) atoms. The second kappa shape index (κ2) is 10.3. The Morgan fingerprint density at radius 1 is 1.15 bits per heavy atom. The second-order valence-electron chi connectivity index (χ2n) is 7.18. The highest BCUT2D eigenvalue weighted by Crippen LogP contribution is 2.24. The van der Waals surface area contributed by atoms with E-state index in [1.165, 1.54) is 32.9 Å². The summed E-state index contributed by atoms with van der Waals surface area (Å²) in [5.41, 5.74) is 2.94. The Kier molecular flexibility index (Phi) is 8.10. The molecule has 1 N–H and O–H groups in total. The van der Waals surface area contributed by atoms with Gasteiger partial charge in [-0.25, -0.2) is 0 Å². The zero-order valence-electron chi connectivity index (χ0n) is 16.5. The third-order valence-corrected chi connectivity index (χ3v) is 4.82. The maximum absolute atomic E-state index is 12.6. The number of hydrogen-bond acceptors (Lipinski definition) is 3. The van der Waals surface area contributed by atoms with Crippen molar-refractivity contribution in [2.45, 2.75) is 59.5 Å². The summed E-state index contributed by atoms with van der Waals surface area (Å²) in [6, 6.07) is 5.88. The van der Waals surface area contributed by atoms with Crippen molar-refractivity contribution in [2.24, 2.45) is 0 Å². The van der Waals surface area contributed by atoms with E-state index >= 15 is 0 Å². The summed E-state index contributed by atoms with van der Waals surface area (Å²) < 4.78 is 0. The standard InChI is InChI=1S/C21H33N3O2/c1-4-10-23(11-5-2)12-6-7-13-24-16-19-14-18(15-22-17(3)25)8-9-20(19)21(24)26/h8-9,14H,4-7,10-13,15-16H2,1-3H3,(H,22,25). The summed E-state index contributed by atoms with van der Waals surface area (Å²) >= 11 is 0. The normalized spacial score (nSPS) is 13.4. The van der Waals surface area contributed by atoms with Crippen molar-refractivity contribution in [1.29, 1.82) is 0 Å².